The zero-order valence-corrected chi connectivity index (χ0v) is 8.51. The molecule has 0 fully saturated rings. The van der Waals surface area contributed by atoms with Gasteiger partial charge in [-0.15, -0.1) is 5.10 Å². The number of rotatable bonds is 2. The lowest BCUT2D eigenvalue weighted by Crippen LogP contribution is -2.39. The quantitative estimate of drug-likeness (QED) is 0.549. The van der Waals surface area contributed by atoms with Crippen LogP contribution in [0.5, 0.6) is 0 Å². The molecule has 1 aromatic rings. The van der Waals surface area contributed by atoms with Crippen molar-refractivity contribution in [1.82, 2.24) is 14.8 Å². The highest BCUT2D eigenvalue weighted by atomic mass is 32.2. The maximum atomic E-state index is 11.4. The number of aromatic amines is 1. The van der Waals surface area contributed by atoms with Crippen LogP contribution in [0, 0.1) is 0 Å². The van der Waals surface area contributed by atoms with E-state index in [2.05, 4.69) is 10.2 Å². The van der Waals surface area contributed by atoms with Crippen LogP contribution in [0.3, 0.4) is 0 Å². The maximum Gasteiger partial charge on any atom is 0.330 e. The SMILES string of the molecule is CSc1n[nH]c(=O)c(=O)n1C(C)C. The Labute approximate surface area is 79.2 Å². The Morgan fingerprint density at radius 1 is 1.46 bits per heavy atom. The number of nitrogens with one attached hydrogen (secondary N) is 1. The van der Waals surface area contributed by atoms with Gasteiger partial charge in [0.2, 0.25) is 0 Å². The highest BCUT2D eigenvalue weighted by Crippen LogP contribution is 2.11. The van der Waals surface area contributed by atoms with Crippen molar-refractivity contribution in [1.29, 1.82) is 0 Å². The van der Waals surface area contributed by atoms with Crippen LogP contribution in [0.2, 0.25) is 0 Å². The predicted octanol–water partition coefficient (Wildman–Crippen LogP) is 0.234. The molecular weight excluding hydrogens is 190 g/mol. The van der Waals surface area contributed by atoms with Crippen molar-refractivity contribution in [3.05, 3.63) is 20.7 Å². The van der Waals surface area contributed by atoms with Gasteiger partial charge < -0.3 is 0 Å². The molecular formula is C7H11N3O2S. The number of H-pyrrole nitrogens is 1. The molecule has 5 nitrogen and oxygen atoms in total. The summed E-state index contributed by atoms with van der Waals surface area (Å²) in [5.74, 6) is 0. The molecule has 72 valence electrons. The Balaban J connectivity index is 3.51. The molecule has 0 amide bonds. The van der Waals surface area contributed by atoms with E-state index in [1.807, 2.05) is 13.8 Å². The Kier molecular flexibility index (Phi) is 2.92. The fourth-order valence-corrected chi connectivity index (χ4v) is 1.62. The molecule has 0 aliphatic carbocycles. The third-order valence-electron chi connectivity index (χ3n) is 1.57. The van der Waals surface area contributed by atoms with Gasteiger partial charge in [0.15, 0.2) is 5.16 Å². The van der Waals surface area contributed by atoms with Crippen LogP contribution in [0.15, 0.2) is 14.7 Å². The van der Waals surface area contributed by atoms with Crippen LogP contribution in [-0.2, 0) is 0 Å². The normalized spacial score (nSPS) is 10.8. The summed E-state index contributed by atoms with van der Waals surface area (Å²) in [6, 6.07) is -0.0512. The van der Waals surface area contributed by atoms with E-state index < -0.39 is 11.1 Å². The van der Waals surface area contributed by atoms with Gasteiger partial charge >= 0.3 is 11.1 Å². The van der Waals surface area contributed by atoms with Crippen molar-refractivity contribution >= 4 is 11.8 Å². The second-order valence-corrected chi connectivity index (χ2v) is 3.58. The van der Waals surface area contributed by atoms with Crippen molar-refractivity contribution in [2.45, 2.75) is 25.0 Å². The van der Waals surface area contributed by atoms with Crippen molar-refractivity contribution in [3.8, 4) is 0 Å². The third-order valence-corrected chi connectivity index (χ3v) is 2.22. The predicted molar refractivity (Wildman–Crippen MR) is 51.3 cm³/mol. The second kappa shape index (κ2) is 3.78. The molecule has 0 radical (unpaired) electrons. The summed E-state index contributed by atoms with van der Waals surface area (Å²) >= 11 is 1.33. The van der Waals surface area contributed by atoms with Crippen LogP contribution in [-0.4, -0.2) is 21.0 Å². The summed E-state index contributed by atoms with van der Waals surface area (Å²) < 4.78 is 1.38. The van der Waals surface area contributed by atoms with Crippen molar-refractivity contribution in [3.63, 3.8) is 0 Å². The Morgan fingerprint density at radius 3 is 2.54 bits per heavy atom. The molecule has 1 aromatic heterocycles. The standard InChI is InChI=1S/C7H11N3O2S/c1-4(2)10-6(12)5(11)8-9-7(10)13-3/h4H,1-3H3,(H,8,11). The monoisotopic (exact) mass is 201 g/mol. The summed E-state index contributed by atoms with van der Waals surface area (Å²) in [5.41, 5.74) is -1.22. The Morgan fingerprint density at radius 2 is 2.08 bits per heavy atom. The largest absolute Gasteiger partial charge is 0.330 e. The smallest absolute Gasteiger partial charge is 0.279 e. The van der Waals surface area contributed by atoms with E-state index in [-0.39, 0.29) is 6.04 Å². The van der Waals surface area contributed by atoms with Gasteiger partial charge in [0.1, 0.15) is 0 Å². The fourth-order valence-electron chi connectivity index (χ4n) is 0.996. The first-order chi connectivity index (χ1) is 6.07. The van der Waals surface area contributed by atoms with Gasteiger partial charge in [-0.05, 0) is 20.1 Å². The summed E-state index contributed by atoms with van der Waals surface area (Å²) in [6.07, 6.45) is 1.80. The lowest BCUT2D eigenvalue weighted by molar-refractivity contribution is 0.490. The molecule has 0 atom stereocenters. The minimum atomic E-state index is -0.675. The van der Waals surface area contributed by atoms with Crippen molar-refractivity contribution in [2.75, 3.05) is 6.26 Å². The lowest BCUT2D eigenvalue weighted by atomic mass is 10.4. The molecule has 1 rings (SSSR count). The van der Waals surface area contributed by atoms with Crippen LogP contribution >= 0.6 is 11.8 Å². The van der Waals surface area contributed by atoms with Gasteiger partial charge in [0.25, 0.3) is 0 Å². The van der Waals surface area contributed by atoms with Crippen LogP contribution in [0.1, 0.15) is 19.9 Å². The van der Waals surface area contributed by atoms with Crippen molar-refractivity contribution < 1.29 is 0 Å². The summed E-state index contributed by atoms with van der Waals surface area (Å²) in [7, 11) is 0. The summed E-state index contributed by atoms with van der Waals surface area (Å²) in [4.78, 5) is 22.3. The van der Waals surface area contributed by atoms with E-state index in [9.17, 15) is 9.59 Å². The number of thioether (sulfide) groups is 1. The van der Waals surface area contributed by atoms with Gasteiger partial charge in [0, 0.05) is 6.04 Å². The highest BCUT2D eigenvalue weighted by molar-refractivity contribution is 7.98. The molecule has 0 saturated carbocycles. The molecule has 0 saturated heterocycles. The third kappa shape index (κ3) is 1.82. The molecule has 0 unspecified atom stereocenters. The second-order valence-electron chi connectivity index (χ2n) is 2.81. The maximum absolute atomic E-state index is 11.4. The van der Waals surface area contributed by atoms with E-state index in [0.717, 1.165) is 0 Å². The number of nitrogens with zero attached hydrogens (tertiary/aromatic N) is 2. The molecule has 0 aromatic carbocycles. The fraction of sp³-hybridized carbons (Fsp3) is 0.571. The molecule has 0 spiro atoms. The van der Waals surface area contributed by atoms with E-state index in [4.69, 9.17) is 0 Å². The van der Waals surface area contributed by atoms with E-state index in [0.29, 0.717) is 5.16 Å². The highest BCUT2D eigenvalue weighted by Gasteiger charge is 2.10. The molecule has 0 aliphatic rings. The Hall–Kier alpha value is -1.04. The van der Waals surface area contributed by atoms with Crippen LogP contribution in [0.4, 0.5) is 0 Å². The number of hydrogen-bond donors (Lipinski definition) is 1. The average molecular weight is 201 g/mol. The number of hydrogen-bond acceptors (Lipinski definition) is 4. The first-order valence-corrected chi connectivity index (χ1v) is 5.05. The molecule has 0 aliphatic heterocycles. The summed E-state index contributed by atoms with van der Waals surface area (Å²) in [6.45, 7) is 3.67. The molecule has 1 N–H and O–H groups in total. The average Bonchev–Trinajstić information content (AvgIpc) is 2.08. The van der Waals surface area contributed by atoms with Crippen LogP contribution in [0.25, 0.3) is 0 Å². The zero-order chi connectivity index (χ0) is 10.0. The zero-order valence-electron chi connectivity index (χ0n) is 7.70. The van der Waals surface area contributed by atoms with Gasteiger partial charge in [-0.2, -0.15) is 0 Å². The minimum Gasteiger partial charge on any atom is -0.279 e. The Bertz CT molecular complexity index is 407. The van der Waals surface area contributed by atoms with E-state index in [1.54, 1.807) is 6.26 Å². The number of aromatic nitrogens is 3. The first-order valence-electron chi connectivity index (χ1n) is 3.83. The van der Waals surface area contributed by atoms with Crippen molar-refractivity contribution in [2.24, 2.45) is 0 Å². The minimum absolute atomic E-state index is 0.0512. The van der Waals surface area contributed by atoms with Gasteiger partial charge in [0.05, 0.1) is 0 Å². The summed E-state index contributed by atoms with van der Waals surface area (Å²) in [5, 5.41) is 6.45. The van der Waals surface area contributed by atoms with Gasteiger partial charge in [-0.3, -0.25) is 14.2 Å². The van der Waals surface area contributed by atoms with Gasteiger partial charge in [-0.25, -0.2) is 5.10 Å². The van der Waals surface area contributed by atoms with E-state index >= 15 is 0 Å². The van der Waals surface area contributed by atoms with Crippen LogP contribution < -0.4 is 11.1 Å². The molecule has 13 heavy (non-hydrogen) atoms. The van der Waals surface area contributed by atoms with Gasteiger partial charge in [-0.1, -0.05) is 11.8 Å². The molecule has 1 heterocycles. The lowest BCUT2D eigenvalue weighted by Gasteiger charge is -2.11. The van der Waals surface area contributed by atoms with E-state index in [1.165, 1.54) is 16.3 Å². The molecule has 6 heteroatoms. The first kappa shape index (κ1) is 10.0. The topological polar surface area (TPSA) is 67.8 Å². The molecule has 0 bridgehead atoms.